The number of amides is 3. The minimum absolute atomic E-state index is 0.00919. The number of nitrogens with zero attached hydrogens (tertiary/aromatic N) is 2. The third-order valence-electron chi connectivity index (χ3n) is 4.42. The number of imide groups is 1. The molecule has 7 nitrogen and oxygen atoms in total. The monoisotopic (exact) mass is 437 g/mol. The van der Waals surface area contributed by atoms with E-state index in [9.17, 15) is 14.4 Å². The lowest BCUT2D eigenvalue weighted by Gasteiger charge is -2.17. The topological polar surface area (TPSA) is 99.6 Å². The number of pyridine rings is 1. The largest absolute Gasteiger partial charge is 0.397 e. The average molecular weight is 438 g/mol. The van der Waals surface area contributed by atoms with Crippen LogP contribution in [-0.4, -0.2) is 39.3 Å². The molecule has 2 heterocycles. The van der Waals surface area contributed by atoms with Gasteiger partial charge >= 0.3 is 0 Å². The summed E-state index contributed by atoms with van der Waals surface area (Å²) in [6.45, 7) is 1.92. The highest BCUT2D eigenvalue weighted by atomic mass is 35.5. The van der Waals surface area contributed by atoms with Crippen molar-refractivity contribution in [1.29, 1.82) is 0 Å². The summed E-state index contributed by atoms with van der Waals surface area (Å²) >= 11 is 6.10. The van der Waals surface area contributed by atoms with Crippen LogP contribution >= 0.6 is 11.6 Å². The van der Waals surface area contributed by atoms with E-state index in [0.717, 1.165) is 4.90 Å². The molecule has 2 N–H and O–H groups in total. The zero-order chi connectivity index (χ0) is 22.4. The van der Waals surface area contributed by atoms with E-state index in [2.05, 4.69) is 10.3 Å². The molecular formula is C23H20ClN3O4. The first-order valence-electron chi connectivity index (χ1n) is 9.53. The summed E-state index contributed by atoms with van der Waals surface area (Å²) in [4.78, 5) is 42.9. The van der Waals surface area contributed by atoms with Crippen molar-refractivity contribution in [2.45, 2.75) is 13.5 Å². The fourth-order valence-corrected chi connectivity index (χ4v) is 3.25. The van der Waals surface area contributed by atoms with Gasteiger partial charge in [0.15, 0.2) is 0 Å². The second-order valence-corrected chi connectivity index (χ2v) is 6.97. The van der Waals surface area contributed by atoms with E-state index >= 15 is 0 Å². The van der Waals surface area contributed by atoms with Crippen LogP contribution in [0.1, 0.15) is 43.7 Å². The number of nitrogens with one attached hydrogen (secondary N) is 1. The third-order valence-corrected chi connectivity index (χ3v) is 4.65. The fourth-order valence-electron chi connectivity index (χ4n) is 3.05. The molecule has 0 saturated heterocycles. The summed E-state index contributed by atoms with van der Waals surface area (Å²) < 4.78 is 0. The second kappa shape index (κ2) is 9.97. The molecule has 158 valence electrons. The Labute approximate surface area is 184 Å². The summed E-state index contributed by atoms with van der Waals surface area (Å²) in [7, 11) is 0. The number of hydrogen-bond donors (Lipinski definition) is 2. The number of carbonyl (C=O) groups excluding carboxylic acids is 3. The number of halogens is 1. The lowest BCUT2D eigenvalue weighted by Crippen LogP contribution is -2.29. The van der Waals surface area contributed by atoms with Gasteiger partial charge in [0.25, 0.3) is 17.7 Å². The van der Waals surface area contributed by atoms with Gasteiger partial charge in [0, 0.05) is 23.5 Å². The van der Waals surface area contributed by atoms with E-state index in [4.69, 9.17) is 16.7 Å². The molecule has 0 bridgehead atoms. The maximum atomic E-state index is 12.6. The van der Waals surface area contributed by atoms with Crippen molar-refractivity contribution in [3.63, 3.8) is 0 Å². The third kappa shape index (κ3) is 4.96. The highest BCUT2D eigenvalue weighted by Crippen LogP contribution is 2.28. The van der Waals surface area contributed by atoms with Crippen molar-refractivity contribution in [3.8, 4) is 0 Å². The van der Waals surface area contributed by atoms with Gasteiger partial charge in [-0.15, -0.1) is 0 Å². The second-order valence-electron chi connectivity index (χ2n) is 6.53. The highest BCUT2D eigenvalue weighted by Gasteiger charge is 2.35. The van der Waals surface area contributed by atoms with E-state index in [-0.39, 0.29) is 30.7 Å². The lowest BCUT2D eigenvalue weighted by molar-refractivity contribution is 0.0642. The Hall–Kier alpha value is -3.55. The molecule has 0 spiro atoms. The minimum Gasteiger partial charge on any atom is -0.397 e. The molecule has 2 aromatic carbocycles. The molecule has 1 aliphatic rings. The Kier molecular flexibility index (Phi) is 7.12. The Bertz CT molecular complexity index is 1080. The van der Waals surface area contributed by atoms with Gasteiger partial charge in [-0.2, -0.15) is 0 Å². The number of carbonyl (C=O) groups is 3. The van der Waals surface area contributed by atoms with E-state index in [1.54, 1.807) is 67.6 Å². The van der Waals surface area contributed by atoms with Gasteiger partial charge in [-0.25, -0.2) is 0 Å². The summed E-state index contributed by atoms with van der Waals surface area (Å²) in [6.07, 6.45) is 1.52. The molecule has 0 radical (unpaired) electrons. The zero-order valence-electron chi connectivity index (χ0n) is 16.7. The Morgan fingerprint density at radius 2 is 1.65 bits per heavy atom. The number of benzene rings is 2. The highest BCUT2D eigenvalue weighted by molar-refractivity contribution is 6.30. The number of rotatable bonds is 4. The Balaban J connectivity index is 0.000000858. The molecule has 0 aliphatic carbocycles. The molecule has 31 heavy (non-hydrogen) atoms. The van der Waals surface area contributed by atoms with Crippen molar-refractivity contribution < 1.29 is 19.5 Å². The van der Waals surface area contributed by atoms with Crippen LogP contribution in [0.25, 0.3) is 0 Å². The normalized spacial score (nSPS) is 12.2. The van der Waals surface area contributed by atoms with Gasteiger partial charge in [-0.3, -0.25) is 24.3 Å². The average Bonchev–Trinajstić information content (AvgIpc) is 3.02. The standard InChI is InChI=1S/C21H14ClN3O3.C2H6O/c22-14-8-9-17(24-19(26)18-7-3-4-10-23-18)13(11-14)12-25-20(27)15-5-1-2-6-16(15)21(25)28;1-2-3/h1-11H,12H2,(H,24,26);3H,2H2,1H3. The molecule has 0 unspecified atom stereocenters. The lowest BCUT2D eigenvalue weighted by atomic mass is 10.1. The number of aromatic nitrogens is 1. The van der Waals surface area contributed by atoms with Crippen LogP contribution in [-0.2, 0) is 6.54 Å². The van der Waals surface area contributed by atoms with Crippen LogP contribution in [0.3, 0.4) is 0 Å². The van der Waals surface area contributed by atoms with Crippen LogP contribution in [0.15, 0.2) is 66.9 Å². The van der Waals surface area contributed by atoms with Crippen molar-refractivity contribution in [2.24, 2.45) is 0 Å². The molecule has 1 aromatic heterocycles. The zero-order valence-corrected chi connectivity index (χ0v) is 17.5. The smallest absolute Gasteiger partial charge is 0.274 e. The van der Waals surface area contributed by atoms with Crippen molar-refractivity contribution in [3.05, 3.63) is 94.3 Å². The van der Waals surface area contributed by atoms with Crippen molar-refractivity contribution in [2.75, 3.05) is 11.9 Å². The molecule has 3 aromatic rings. The SMILES string of the molecule is CCO.O=C(Nc1ccc(Cl)cc1CN1C(=O)c2ccccc2C1=O)c1ccccn1. The first kappa shape index (κ1) is 22.1. The molecule has 1 aliphatic heterocycles. The minimum atomic E-state index is -0.397. The van der Waals surface area contributed by atoms with Crippen molar-refractivity contribution in [1.82, 2.24) is 9.88 Å². The molecule has 3 amide bonds. The number of anilines is 1. The van der Waals surface area contributed by atoms with Gasteiger partial charge in [0.2, 0.25) is 0 Å². The van der Waals surface area contributed by atoms with E-state index in [0.29, 0.717) is 27.4 Å². The number of aliphatic hydroxyl groups excluding tert-OH is 1. The summed E-state index contributed by atoms with van der Waals surface area (Å²) in [5.74, 6) is -1.14. The van der Waals surface area contributed by atoms with E-state index in [1.807, 2.05) is 0 Å². The molecule has 0 fully saturated rings. The van der Waals surface area contributed by atoms with Crippen LogP contribution < -0.4 is 5.32 Å². The van der Waals surface area contributed by atoms with Gasteiger partial charge < -0.3 is 10.4 Å². The maximum absolute atomic E-state index is 12.6. The maximum Gasteiger partial charge on any atom is 0.274 e. The molecule has 8 heteroatoms. The predicted molar refractivity (Wildman–Crippen MR) is 117 cm³/mol. The molecular weight excluding hydrogens is 418 g/mol. The van der Waals surface area contributed by atoms with Crippen LogP contribution in [0, 0.1) is 0 Å². The predicted octanol–water partition coefficient (Wildman–Crippen LogP) is 3.78. The van der Waals surface area contributed by atoms with Gasteiger partial charge in [0.1, 0.15) is 5.69 Å². The molecule has 0 atom stereocenters. The Morgan fingerprint density at radius 3 is 2.23 bits per heavy atom. The summed E-state index contributed by atoms with van der Waals surface area (Å²) in [5.41, 5.74) is 1.99. The summed E-state index contributed by atoms with van der Waals surface area (Å²) in [6, 6.07) is 16.6. The molecule has 4 rings (SSSR count). The van der Waals surface area contributed by atoms with Gasteiger partial charge in [-0.05, 0) is 55.0 Å². The number of fused-ring (bicyclic) bond motifs is 1. The Morgan fingerprint density at radius 1 is 1.03 bits per heavy atom. The van der Waals surface area contributed by atoms with E-state index < -0.39 is 5.91 Å². The van der Waals surface area contributed by atoms with Crippen LogP contribution in [0.2, 0.25) is 5.02 Å². The van der Waals surface area contributed by atoms with Crippen molar-refractivity contribution >= 4 is 35.0 Å². The first-order valence-corrected chi connectivity index (χ1v) is 9.91. The number of aliphatic hydroxyl groups is 1. The number of hydrogen-bond acceptors (Lipinski definition) is 5. The van der Waals surface area contributed by atoms with Gasteiger partial charge in [0.05, 0.1) is 17.7 Å². The molecule has 0 saturated carbocycles. The first-order chi connectivity index (χ1) is 15.0. The van der Waals surface area contributed by atoms with E-state index in [1.165, 1.54) is 6.20 Å². The fraction of sp³-hybridized carbons (Fsp3) is 0.130. The van der Waals surface area contributed by atoms with Gasteiger partial charge in [-0.1, -0.05) is 29.8 Å². The van der Waals surface area contributed by atoms with Crippen LogP contribution in [0.4, 0.5) is 5.69 Å². The summed E-state index contributed by atoms with van der Waals surface area (Å²) in [5, 5.41) is 10.8. The quantitative estimate of drug-likeness (QED) is 0.605. The van der Waals surface area contributed by atoms with Crippen LogP contribution in [0.5, 0.6) is 0 Å².